The van der Waals surface area contributed by atoms with Gasteiger partial charge in [-0.1, -0.05) is 34.6 Å². The average molecular weight is 302 g/mol. The summed E-state index contributed by atoms with van der Waals surface area (Å²) in [5.74, 6) is 0. The van der Waals surface area contributed by atoms with E-state index in [1.165, 1.54) is 11.5 Å². The molecule has 1 aromatic carbocycles. The third-order valence-corrected chi connectivity index (χ3v) is 4.15. The minimum Gasteiger partial charge on any atom is -0.309 e. The summed E-state index contributed by atoms with van der Waals surface area (Å²) in [5.41, 5.74) is 1.95. The zero-order chi connectivity index (χ0) is 13.1. The maximum atomic E-state index is 6.25. The molecule has 0 radical (unpaired) electrons. The molecule has 2 aromatic rings. The van der Waals surface area contributed by atoms with Crippen molar-refractivity contribution in [1.29, 1.82) is 0 Å². The number of rotatable bonds is 4. The van der Waals surface area contributed by atoms with E-state index in [0.717, 1.165) is 22.6 Å². The van der Waals surface area contributed by atoms with Gasteiger partial charge in [-0.15, -0.1) is 5.10 Å². The topological polar surface area (TPSA) is 37.8 Å². The van der Waals surface area contributed by atoms with Crippen LogP contribution in [0.1, 0.15) is 29.1 Å². The standard InChI is InChI=1S/C12H13Cl2N3S/c1-3-10-12(18-17-16-10)11(15-2)8-6-7(13)4-5-9(8)14/h4-6,11,15H,3H2,1-2H3. The summed E-state index contributed by atoms with van der Waals surface area (Å²) in [4.78, 5) is 1.09. The van der Waals surface area contributed by atoms with Gasteiger partial charge in [0.1, 0.15) is 0 Å². The predicted molar refractivity (Wildman–Crippen MR) is 76.7 cm³/mol. The molecule has 3 nitrogen and oxygen atoms in total. The van der Waals surface area contributed by atoms with Crippen molar-refractivity contribution in [1.82, 2.24) is 14.9 Å². The summed E-state index contributed by atoms with van der Waals surface area (Å²) < 4.78 is 4.02. The summed E-state index contributed by atoms with van der Waals surface area (Å²) in [7, 11) is 1.89. The van der Waals surface area contributed by atoms with Gasteiger partial charge in [0.15, 0.2) is 0 Å². The van der Waals surface area contributed by atoms with E-state index in [2.05, 4.69) is 21.8 Å². The summed E-state index contributed by atoms with van der Waals surface area (Å²) >= 11 is 13.7. The van der Waals surface area contributed by atoms with E-state index in [4.69, 9.17) is 23.2 Å². The van der Waals surface area contributed by atoms with Crippen LogP contribution in [0.5, 0.6) is 0 Å². The summed E-state index contributed by atoms with van der Waals surface area (Å²) in [6.45, 7) is 2.06. The fraction of sp³-hybridized carbons (Fsp3) is 0.333. The highest BCUT2D eigenvalue weighted by atomic mass is 35.5. The molecule has 0 saturated carbocycles. The van der Waals surface area contributed by atoms with Gasteiger partial charge in [-0.2, -0.15) is 0 Å². The Morgan fingerprint density at radius 3 is 2.83 bits per heavy atom. The normalized spacial score (nSPS) is 12.7. The van der Waals surface area contributed by atoms with Gasteiger partial charge in [0.05, 0.1) is 16.6 Å². The second kappa shape index (κ2) is 5.97. The van der Waals surface area contributed by atoms with E-state index in [1.54, 1.807) is 6.07 Å². The molecule has 0 aliphatic carbocycles. The number of halogens is 2. The molecule has 0 spiro atoms. The molecule has 0 aliphatic heterocycles. The van der Waals surface area contributed by atoms with Gasteiger partial charge in [0, 0.05) is 10.0 Å². The molecule has 1 atom stereocenters. The maximum Gasteiger partial charge on any atom is 0.0804 e. The van der Waals surface area contributed by atoms with Gasteiger partial charge in [-0.25, -0.2) is 0 Å². The number of aryl methyl sites for hydroxylation is 1. The zero-order valence-electron chi connectivity index (χ0n) is 10.1. The molecule has 1 aromatic heterocycles. The van der Waals surface area contributed by atoms with Crippen LogP contribution in [-0.4, -0.2) is 16.6 Å². The van der Waals surface area contributed by atoms with Gasteiger partial charge in [0.2, 0.25) is 0 Å². The number of aromatic nitrogens is 2. The Balaban J connectivity index is 2.48. The molecule has 0 amide bonds. The van der Waals surface area contributed by atoms with Crippen molar-refractivity contribution in [2.75, 3.05) is 7.05 Å². The van der Waals surface area contributed by atoms with Crippen LogP contribution in [-0.2, 0) is 6.42 Å². The molecule has 0 fully saturated rings. The van der Waals surface area contributed by atoms with E-state index >= 15 is 0 Å². The van der Waals surface area contributed by atoms with Crippen LogP contribution in [0.15, 0.2) is 18.2 Å². The van der Waals surface area contributed by atoms with Crippen molar-refractivity contribution >= 4 is 34.7 Å². The minimum absolute atomic E-state index is 0.0221. The Hall–Kier alpha value is -0.680. The first-order chi connectivity index (χ1) is 8.67. The molecule has 0 bridgehead atoms. The van der Waals surface area contributed by atoms with Crippen molar-refractivity contribution in [3.05, 3.63) is 44.4 Å². The Morgan fingerprint density at radius 1 is 1.39 bits per heavy atom. The lowest BCUT2D eigenvalue weighted by Crippen LogP contribution is -2.18. The number of benzene rings is 1. The molecule has 1 N–H and O–H groups in total. The Bertz CT molecular complexity index is 542. The fourth-order valence-corrected chi connectivity index (χ4v) is 3.12. The molecular formula is C12H13Cl2N3S. The summed E-state index contributed by atoms with van der Waals surface area (Å²) in [6.07, 6.45) is 0.849. The zero-order valence-corrected chi connectivity index (χ0v) is 12.4. The molecule has 0 aliphatic rings. The first kappa shape index (κ1) is 13.7. The molecule has 96 valence electrons. The van der Waals surface area contributed by atoms with Crippen molar-refractivity contribution in [2.45, 2.75) is 19.4 Å². The number of nitrogens with zero attached hydrogens (tertiary/aromatic N) is 2. The monoisotopic (exact) mass is 301 g/mol. The van der Waals surface area contributed by atoms with Crippen molar-refractivity contribution in [2.24, 2.45) is 0 Å². The second-order valence-electron chi connectivity index (χ2n) is 3.82. The third-order valence-electron chi connectivity index (χ3n) is 2.74. The van der Waals surface area contributed by atoms with Crippen LogP contribution in [0.2, 0.25) is 10.0 Å². The molecular weight excluding hydrogens is 289 g/mol. The first-order valence-corrected chi connectivity index (χ1v) is 7.13. The highest BCUT2D eigenvalue weighted by Crippen LogP contribution is 2.33. The van der Waals surface area contributed by atoms with Crippen LogP contribution < -0.4 is 5.32 Å². The lowest BCUT2D eigenvalue weighted by atomic mass is 10.0. The highest BCUT2D eigenvalue weighted by molar-refractivity contribution is 7.05. The third kappa shape index (κ3) is 2.67. The maximum absolute atomic E-state index is 6.25. The number of nitrogens with one attached hydrogen (secondary N) is 1. The van der Waals surface area contributed by atoms with Crippen LogP contribution in [0.4, 0.5) is 0 Å². The van der Waals surface area contributed by atoms with E-state index in [9.17, 15) is 0 Å². The van der Waals surface area contributed by atoms with Gasteiger partial charge < -0.3 is 5.32 Å². The van der Waals surface area contributed by atoms with Crippen LogP contribution in [0.3, 0.4) is 0 Å². The molecule has 1 unspecified atom stereocenters. The number of hydrogen-bond acceptors (Lipinski definition) is 4. The van der Waals surface area contributed by atoms with Crippen LogP contribution >= 0.6 is 34.7 Å². The largest absolute Gasteiger partial charge is 0.309 e. The van der Waals surface area contributed by atoms with Crippen molar-refractivity contribution < 1.29 is 0 Å². The predicted octanol–water partition coefficient (Wildman–Crippen LogP) is 3.72. The summed E-state index contributed by atoms with van der Waals surface area (Å²) in [5, 5.41) is 8.74. The second-order valence-corrected chi connectivity index (χ2v) is 5.45. The summed E-state index contributed by atoms with van der Waals surface area (Å²) in [6, 6.07) is 5.45. The van der Waals surface area contributed by atoms with E-state index in [-0.39, 0.29) is 6.04 Å². The van der Waals surface area contributed by atoms with Gasteiger partial charge in [-0.3, -0.25) is 0 Å². The molecule has 2 rings (SSSR count). The van der Waals surface area contributed by atoms with E-state index < -0.39 is 0 Å². The molecule has 6 heteroatoms. The Labute approximate surface area is 120 Å². The van der Waals surface area contributed by atoms with Crippen LogP contribution in [0.25, 0.3) is 0 Å². The smallest absolute Gasteiger partial charge is 0.0804 e. The fourth-order valence-electron chi connectivity index (χ4n) is 1.84. The quantitative estimate of drug-likeness (QED) is 0.935. The van der Waals surface area contributed by atoms with Gasteiger partial charge >= 0.3 is 0 Å². The van der Waals surface area contributed by atoms with Gasteiger partial charge in [-0.05, 0) is 48.8 Å². The van der Waals surface area contributed by atoms with Crippen LogP contribution in [0, 0.1) is 0 Å². The lowest BCUT2D eigenvalue weighted by Gasteiger charge is -2.17. The first-order valence-electron chi connectivity index (χ1n) is 5.60. The lowest BCUT2D eigenvalue weighted by molar-refractivity contribution is 0.693. The Kier molecular flexibility index (Phi) is 4.56. The average Bonchev–Trinajstić information content (AvgIpc) is 2.83. The van der Waals surface area contributed by atoms with Crippen molar-refractivity contribution in [3.8, 4) is 0 Å². The minimum atomic E-state index is -0.0221. The molecule has 0 saturated heterocycles. The SMILES string of the molecule is CCc1nnsc1C(NC)c1cc(Cl)ccc1Cl. The van der Waals surface area contributed by atoms with Gasteiger partial charge in [0.25, 0.3) is 0 Å². The number of hydrogen-bond donors (Lipinski definition) is 1. The van der Waals surface area contributed by atoms with E-state index in [1.807, 2.05) is 19.2 Å². The molecule has 18 heavy (non-hydrogen) atoms. The van der Waals surface area contributed by atoms with E-state index in [0.29, 0.717) is 10.0 Å². The Morgan fingerprint density at radius 2 is 2.17 bits per heavy atom. The van der Waals surface area contributed by atoms with Crippen molar-refractivity contribution in [3.63, 3.8) is 0 Å². The highest BCUT2D eigenvalue weighted by Gasteiger charge is 2.21. The molecule has 1 heterocycles.